The van der Waals surface area contributed by atoms with E-state index in [1.165, 1.54) is 11.5 Å². The summed E-state index contributed by atoms with van der Waals surface area (Å²) in [7, 11) is 3.76. The fourth-order valence-corrected chi connectivity index (χ4v) is 2.71. The molecule has 0 unspecified atom stereocenters. The molecule has 0 aliphatic rings. The van der Waals surface area contributed by atoms with Gasteiger partial charge in [0.2, 0.25) is 0 Å². The van der Waals surface area contributed by atoms with Gasteiger partial charge in [0.1, 0.15) is 10.8 Å². The molecule has 0 bridgehead atoms. The lowest BCUT2D eigenvalue weighted by Gasteiger charge is -2.18. The number of pyridine rings is 1. The smallest absolute Gasteiger partial charge is 0.147 e. The first-order valence-corrected chi connectivity index (χ1v) is 6.87. The second-order valence-corrected chi connectivity index (χ2v) is 5.00. The van der Waals surface area contributed by atoms with Crippen molar-refractivity contribution in [3.8, 4) is 11.1 Å². The highest BCUT2D eigenvalue weighted by Crippen LogP contribution is 2.38. The molecule has 0 amide bonds. The number of rotatable bonds is 6. The van der Waals surface area contributed by atoms with Gasteiger partial charge in [-0.05, 0) is 35.6 Å². The topological polar surface area (TPSA) is 64.3 Å². The maximum Gasteiger partial charge on any atom is 0.147 e. The molecule has 2 heterocycles. The molecule has 19 heavy (non-hydrogen) atoms. The van der Waals surface area contributed by atoms with Crippen molar-refractivity contribution in [3.63, 3.8) is 0 Å². The molecule has 2 aromatic heterocycles. The summed E-state index contributed by atoms with van der Waals surface area (Å²) < 4.78 is 9.34. The molecule has 5 nitrogen and oxygen atoms in total. The molecule has 2 aromatic rings. The number of methoxy groups -OCH3 is 1. The number of hydrogen-bond acceptors (Lipinski definition) is 6. The Hall–Kier alpha value is -1.66. The zero-order valence-corrected chi connectivity index (χ0v) is 12.0. The number of nitrogens with zero attached hydrogens (tertiary/aromatic N) is 3. The van der Waals surface area contributed by atoms with E-state index in [4.69, 9.17) is 10.5 Å². The predicted molar refractivity (Wildman–Crippen MR) is 79.5 cm³/mol. The average molecular weight is 278 g/mol. The second kappa shape index (κ2) is 6.49. The van der Waals surface area contributed by atoms with Crippen molar-refractivity contribution in [2.24, 2.45) is 0 Å². The summed E-state index contributed by atoms with van der Waals surface area (Å²) in [5, 5.41) is 1.08. The van der Waals surface area contributed by atoms with Gasteiger partial charge < -0.3 is 15.4 Å². The van der Waals surface area contributed by atoms with Gasteiger partial charge in [-0.15, -0.1) is 0 Å². The minimum Gasteiger partial charge on any atom is -0.385 e. The Morgan fingerprint density at radius 3 is 2.79 bits per heavy atom. The molecular weight excluding hydrogens is 260 g/mol. The van der Waals surface area contributed by atoms with Crippen LogP contribution in [0.3, 0.4) is 0 Å². The van der Waals surface area contributed by atoms with Crippen LogP contribution in [0.15, 0.2) is 24.5 Å². The van der Waals surface area contributed by atoms with Crippen LogP contribution in [0.2, 0.25) is 0 Å². The zero-order chi connectivity index (χ0) is 13.7. The Balaban J connectivity index is 2.23. The molecular formula is C13H18N4OS. The number of nitrogen functional groups attached to an aromatic ring is 1. The van der Waals surface area contributed by atoms with E-state index in [0.717, 1.165) is 35.7 Å². The Morgan fingerprint density at radius 2 is 2.11 bits per heavy atom. The van der Waals surface area contributed by atoms with Gasteiger partial charge in [0, 0.05) is 39.7 Å². The van der Waals surface area contributed by atoms with Crippen molar-refractivity contribution in [1.29, 1.82) is 0 Å². The lowest BCUT2D eigenvalue weighted by atomic mass is 10.1. The highest BCUT2D eigenvalue weighted by Gasteiger charge is 2.16. The normalized spacial score (nSPS) is 10.6. The first kappa shape index (κ1) is 13.8. The molecule has 6 heteroatoms. The molecule has 102 valence electrons. The largest absolute Gasteiger partial charge is 0.385 e. The zero-order valence-electron chi connectivity index (χ0n) is 11.2. The fraction of sp³-hybridized carbons (Fsp3) is 0.385. The van der Waals surface area contributed by atoms with Crippen LogP contribution in [0.5, 0.6) is 0 Å². The van der Waals surface area contributed by atoms with Gasteiger partial charge in [-0.25, -0.2) is 0 Å². The minimum absolute atomic E-state index is 0.574. The quantitative estimate of drug-likeness (QED) is 0.821. The van der Waals surface area contributed by atoms with Crippen LogP contribution < -0.4 is 10.6 Å². The molecule has 0 saturated heterocycles. The van der Waals surface area contributed by atoms with Gasteiger partial charge in [-0.3, -0.25) is 4.98 Å². The molecule has 0 saturated carbocycles. The molecule has 0 spiro atoms. The fourth-order valence-electron chi connectivity index (χ4n) is 1.89. The molecule has 0 atom stereocenters. The Labute approximate surface area is 117 Å². The molecule has 0 aliphatic carbocycles. The van der Waals surface area contributed by atoms with Crippen molar-refractivity contribution in [2.45, 2.75) is 6.42 Å². The van der Waals surface area contributed by atoms with Crippen LogP contribution in [-0.2, 0) is 4.74 Å². The Bertz CT molecular complexity index is 515. The molecule has 0 aliphatic heterocycles. The van der Waals surface area contributed by atoms with Crippen LogP contribution in [0.25, 0.3) is 11.1 Å². The molecule has 0 aromatic carbocycles. The summed E-state index contributed by atoms with van der Waals surface area (Å²) in [6.45, 7) is 1.66. The third-order valence-electron chi connectivity index (χ3n) is 2.86. The summed E-state index contributed by atoms with van der Waals surface area (Å²) in [6.07, 6.45) is 4.50. The summed E-state index contributed by atoms with van der Waals surface area (Å²) >= 11 is 1.43. The van der Waals surface area contributed by atoms with Crippen molar-refractivity contribution in [3.05, 3.63) is 24.5 Å². The monoisotopic (exact) mass is 278 g/mol. The van der Waals surface area contributed by atoms with Gasteiger partial charge in [0.25, 0.3) is 0 Å². The number of anilines is 2. The Morgan fingerprint density at radius 1 is 1.37 bits per heavy atom. The van der Waals surface area contributed by atoms with E-state index in [2.05, 4.69) is 14.3 Å². The first-order valence-electron chi connectivity index (χ1n) is 6.09. The highest BCUT2D eigenvalue weighted by molar-refractivity contribution is 7.11. The lowest BCUT2D eigenvalue weighted by Crippen LogP contribution is -2.19. The van der Waals surface area contributed by atoms with E-state index in [1.54, 1.807) is 19.5 Å². The molecule has 2 rings (SSSR count). The van der Waals surface area contributed by atoms with Gasteiger partial charge in [-0.1, -0.05) is 0 Å². The summed E-state index contributed by atoms with van der Waals surface area (Å²) in [6, 6.07) is 3.90. The summed E-state index contributed by atoms with van der Waals surface area (Å²) in [5.74, 6) is 0.574. The number of nitrogens with two attached hydrogens (primary N) is 1. The van der Waals surface area contributed by atoms with Crippen LogP contribution >= 0.6 is 11.5 Å². The van der Waals surface area contributed by atoms with E-state index in [9.17, 15) is 0 Å². The maximum absolute atomic E-state index is 5.99. The lowest BCUT2D eigenvalue weighted by molar-refractivity contribution is 0.196. The van der Waals surface area contributed by atoms with Crippen molar-refractivity contribution in [2.75, 3.05) is 37.9 Å². The van der Waals surface area contributed by atoms with E-state index in [-0.39, 0.29) is 0 Å². The highest BCUT2D eigenvalue weighted by atomic mass is 32.1. The predicted octanol–water partition coefficient (Wildman–Crippen LogP) is 2.26. The second-order valence-electron chi connectivity index (χ2n) is 4.25. The van der Waals surface area contributed by atoms with Crippen molar-refractivity contribution >= 4 is 22.4 Å². The molecule has 2 N–H and O–H groups in total. The maximum atomic E-state index is 5.99. The van der Waals surface area contributed by atoms with Crippen LogP contribution in [0.4, 0.5) is 10.8 Å². The van der Waals surface area contributed by atoms with Gasteiger partial charge >= 0.3 is 0 Å². The minimum atomic E-state index is 0.574. The van der Waals surface area contributed by atoms with Crippen LogP contribution in [0.1, 0.15) is 6.42 Å². The van der Waals surface area contributed by atoms with Gasteiger partial charge in [0.15, 0.2) is 0 Å². The van der Waals surface area contributed by atoms with E-state index < -0.39 is 0 Å². The van der Waals surface area contributed by atoms with Crippen molar-refractivity contribution < 1.29 is 4.74 Å². The first-order chi connectivity index (χ1) is 9.24. The number of hydrogen-bond donors (Lipinski definition) is 1. The molecule has 0 radical (unpaired) electrons. The van der Waals surface area contributed by atoms with Crippen LogP contribution in [-0.4, -0.2) is 36.7 Å². The average Bonchev–Trinajstić information content (AvgIpc) is 2.82. The number of aromatic nitrogens is 2. The third kappa shape index (κ3) is 3.21. The number of ether oxygens (including phenoxy) is 1. The molecule has 0 fully saturated rings. The Kier molecular flexibility index (Phi) is 4.70. The van der Waals surface area contributed by atoms with E-state index >= 15 is 0 Å². The van der Waals surface area contributed by atoms with Gasteiger partial charge in [-0.2, -0.15) is 4.37 Å². The van der Waals surface area contributed by atoms with Crippen molar-refractivity contribution in [1.82, 2.24) is 9.36 Å². The van der Waals surface area contributed by atoms with E-state index in [0.29, 0.717) is 5.82 Å². The third-order valence-corrected chi connectivity index (χ3v) is 3.83. The standard InChI is InChI=1S/C13H18N4OS/c1-17(8-3-9-18-2)13-11(12(14)16-19-13)10-4-6-15-7-5-10/h4-7H,3,8-9H2,1-2H3,(H2,14,16). The summed E-state index contributed by atoms with van der Waals surface area (Å²) in [4.78, 5) is 6.20. The van der Waals surface area contributed by atoms with E-state index in [1.807, 2.05) is 19.2 Å². The summed E-state index contributed by atoms with van der Waals surface area (Å²) in [5.41, 5.74) is 8.04. The van der Waals surface area contributed by atoms with Gasteiger partial charge in [0.05, 0.1) is 5.56 Å². The SMILES string of the molecule is COCCCN(C)c1snc(N)c1-c1ccncc1. The van der Waals surface area contributed by atoms with Crippen LogP contribution in [0, 0.1) is 0 Å².